The van der Waals surface area contributed by atoms with Gasteiger partial charge < -0.3 is 20.6 Å². The summed E-state index contributed by atoms with van der Waals surface area (Å²) in [7, 11) is 8.80. The summed E-state index contributed by atoms with van der Waals surface area (Å²) in [5.74, 6) is 1.86. The molecule has 0 atom stereocenters. The maximum atomic E-state index is 8.64. The van der Waals surface area contributed by atoms with Crippen LogP contribution in [0.5, 0.6) is 0 Å². The lowest BCUT2D eigenvalue weighted by Gasteiger charge is -2.12. The van der Waals surface area contributed by atoms with Crippen LogP contribution in [0.15, 0.2) is 24.3 Å². The first-order valence-corrected chi connectivity index (χ1v) is 8.13. The molecule has 0 aromatic carbocycles. The molecule has 7 nitrogen and oxygen atoms in total. The van der Waals surface area contributed by atoms with Crippen LogP contribution in [0, 0.1) is 25.2 Å². The summed E-state index contributed by atoms with van der Waals surface area (Å²) in [5, 5.41) is 15.6. The Hall–Kier alpha value is -2.69. The summed E-state index contributed by atoms with van der Waals surface area (Å²) >= 11 is 0. The third-order valence-corrected chi connectivity index (χ3v) is 3.51. The number of pyridine rings is 2. The van der Waals surface area contributed by atoms with Gasteiger partial charge in [0.25, 0.3) is 0 Å². The van der Waals surface area contributed by atoms with Gasteiger partial charge in [0.1, 0.15) is 17.7 Å². The lowest BCUT2D eigenvalue weighted by atomic mass is 10.2. The summed E-state index contributed by atoms with van der Waals surface area (Å²) in [5.41, 5.74) is 9.07. The van der Waals surface area contributed by atoms with Gasteiger partial charge in [-0.2, -0.15) is 5.26 Å². The first kappa shape index (κ1) is 26.5. The molecule has 0 bridgehead atoms. The highest BCUT2D eigenvalue weighted by Gasteiger charge is 2.01. The molecule has 3 N–H and O–H groups in total. The fourth-order valence-corrected chi connectivity index (χ4v) is 1.96. The molecule has 27 heavy (non-hydrogen) atoms. The highest BCUT2D eigenvalue weighted by atomic mass is 16.2. The lowest BCUT2D eigenvalue weighted by Crippen LogP contribution is -2.12. The Morgan fingerprint density at radius 3 is 1.70 bits per heavy atom. The van der Waals surface area contributed by atoms with Gasteiger partial charge in [-0.25, -0.2) is 9.97 Å². The van der Waals surface area contributed by atoms with E-state index in [9.17, 15) is 0 Å². The Kier molecular flexibility index (Phi) is 13.3. The molecular weight excluding hydrogens is 340 g/mol. The normalized spacial score (nSPS) is 8.74. The summed E-state index contributed by atoms with van der Waals surface area (Å²) < 4.78 is 0. The molecule has 2 heterocycles. The number of aliphatic hydroxyl groups excluding tert-OH is 1. The second kappa shape index (κ2) is 13.5. The van der Waals surface area contributed by atoms with Crippen LogP contribution in [0.1, 0.15) is 29.9 Å². The van der Waals surface area contributed by atoms with E-state index >= 15 is 0 Å². The molecule has 7 heteroatoms. The van der Waals surface area contributed by atoms with Crippen molar-refractivity contribution < 1.29 is 5.11 Å². The van der Waals surface area contributed by atoms with Gasteiger partial charge >= 0.3 is 0 Å². The molecule has 0 saturated heterocycles. The van der Waals surface area contributed by atoms with E-state index in [-0.39, 0.29) is 7.43 Å². The van der Waals surface area contributed by atoms with Crippen LogP contribution in [0.3, 0.4) is 0 Å². The average molecular weight is 375 g/mol. The molecule has 150 valence electrons. The number of hydrogen-bond acceptors (Lipinski definition) is 7. The van der Waals surface area contributed by atoms with Crippen LogP contribution in [-0.2, 0) is 6.54 Å². The zero-order valence-electron chi connectivity index (χ0n) is 16.8. The predicted octanol–water partition coefficient (Wildman–Crippen LogP) is 2.49. The molecule has 0 aliphatic rings. The smallest absolute Gasteiger partial charge is 0.128 e. The van der Waals surface area contributed by atoms with Gasteiger partial charge in [0.15, 0.2) is 0 Å². The van der Waals surface area contributed by atoms with Gasteiger partial charge in [0.05, 0.1) is 11.3 Å². The van der Waals surface area contributed by atoms with Gasteiger partial charge in [-0.15, -0.1) is 0 Å². The number of aliphatic hydroxyl groups is 1. The molecule has 0 fully saturated rings. The van der Waals surface area contributed by atoms with Crippen molar-refractivity contribution in [2.24, 2.45) is 5.73 Å². The minimum Gasteiger partial charge on any atom is -0.400 e. The van der Waals surface area contributed by atoms with Gasteiger partial charge in [0, 0.05) is 47.5 Å². The Morgan fingerprint density at radius 2 is 1.37 bits per heavy atom. The van der Waals surface area contributed by atoms with Crippen LogP contribution in [0.25, 0.3) is 0 Å². The number of aryl methyl sites for hydroxylation is 2. The Morgan fingerprint density at radius 1 is 0.926 bits per heavy atom. The molecule has 0 saturated carbocycles. The molecular formula is C20H34N6O. The second-order valence-electron chi connectivity index (χ2n) is 5.82. The monoisotopic (exact) mass is 374 g/mol. The topological polar surface area (TPSA) is 102 Å². The van der Waals surface area contributed by atoms with E-state index in [4.69, 9.17) is 16.1 Å². The van der Waals surface area contributed by atoms with Crippen LogP contribution < -0.4 is 15.5 Å². The van der Waals surface area contributed by atoms with Crippen LogP contribution >= 0.6 is 0 Å². The van der Waals surface area contributed by atoms with Gasteiger partial charge in [-0.3, -0.25) is 0 Å². The van der Waals surface area contributed by atoms with Crippen LogP contribution in [-0.4, -0.2) is 50.4 Å². The van der Waals surface area contributed by atoms with Crippen molar-refractivity contribution >= 4 is 11.6 Å². The highest BCUT2D eigenvalue weighted by molar-refractivity contribution is 5.43. The van der Waals surface area contributed by atoms with E-state index in [1.807, 2.05) is 70.0 Å². The number of anilines is 2. The third-order valence-electron chi connectivity index (χ3n) is 3.51. The summed E-state index contributed by atoms with van der Waals surface area (Å²) in [6.45, 7) is 4.38. The Labute approximate surface area is 164 Å². The van der Waals surface area contributed by atoms with E-state index in [1.165, 1.54) is 0 Å². The molecule has 2 aromatic rings. The van der Waals surface area contributed by atoms with Crippen molar-refractivity contribution in [1.29, 1.82) is 5.26 Å². The van der Waals surface area contributed by atoms with E-state index < -0.39 is 0 Å². The fraction of sp³-hybridized carbons (Fsp3) is 0.450. The molecule has 0 unspecified atom stereocenters. The molecule has 0 amide bonds. The standard InChI is InChI=1S/C9H15N3.C9H11N3.CH4O.CH4/c2*1-7-8(6-10)4-5-9(11-7)12(2)3;1-2;/h4-5H,6,10H2,1-3H3;4-5H,1-3H3;2H,1H3;1H4. The Balaban J connectivity index is 0. The zero-order valence-corrected chi connectivity index (χ0v) is 16.8. The first-order valence-electron chi connectivity index (χ1n) is 8.13. The highest BCUT2D eigenvalue weighted by Crippen LogP contribution is 2.12. The predicted molar refractivity (Wildman–Crippen MR) is 114 cm³/mol. The lowest BCUT2D eigenvalue weighted by molar-refractivity contribution is 0.399. The average Bonchev–Trinajstić information content (AvgIpc) is 2.63. The van der Waals surface area contributed by atoms with Crippen molar-refractivity contribution in [2.75, 3.05) is 45.1 Å². The number of nitrogens with zero attached hydrogens (tertiary/aromatic N) is 5. The van der Waals surface area contributed by atoms with Gasteiger partial charge in [-0.1, -0.05) is 13.5 Å². The molecule has 0 radical (unpaired) electrons. The zero-order chi connectivity index (χ0) is 20.3. The third kappa shape index (κ3) is 8.49. The van der Waals surface area contributed by atoms with Crippen molar-refractivity contribution in [1.82, 2.24) is 9.97 Å². The quantitative estimate of drug-likeness (QED) is 0.851. The Bertz CT molecular complexity index is 723. The molecule has 2 rings (SSSR count). The van der Waals surface area contributed by atoms with E-state index in [0.29, 0.717) is 12.1 Å². The number of hydrogen-bond donors (Lipinski definition) is 2. The molecule has 2 aromatic heterocycles. The summed E-state index contributed by atoms with van der Waals surface area (Å²) in [6, 6.07) is 9.72. The SMILES string of the molecule is C.CO.Cc1nc(N(C)C)ccc1C#N.Cc1nc(N(C)C)ccc1CN. The first-order chi connectivity index (χ1) is 12.3. The summed E-state index contributed by atoms with van der Waals surface area (Å²) in [4.78, 5) is 12.5. The number of aromatic nitrogens is 2. The van der Waals surface area contributed by atoms with E-state index in [1.54, 1.807) is 6.07 Å². The minimum atomic E-state index is 0. The van der Waals surface area contributed by atoms with Crippen molar-refractivity contribution in [3.8, 4) is 6.07 Å². The fourth-order valence-electron chi connectivity index (χ4n) is 1.96. The number of nitriles is 1. The van der Waals surface area contributed by atoms with Crippen molar-refractivity contribution in [2.45, 2.75) is 27.8 Å². The maximum Gasteiger partial charge on any atom is 0.128 e. The van der Waals surface area contributed by atoms with Crippen molar-refractivity contribution in [3.63, 3.8) is 0 Å². The van der Waals surface area contributed by atoms with E-state index in [2.05, 4.69) is 16.0 Å². The molecule has 0 aliphatic heterocycles. The number of nitrogens with two attached hydrogens (primary N) is 1. The maximum absolute atomic E-state index is 8.64. The molecule has 0 spiro atoms. The van der Waals surface area contributed by atoms with E-state index in [0.717, 1.165) is 35.7 Å². The van der Waals surface area contributed by atoms with Crippen LogP contribution in [0.4, 0.5) is 11.6 Å². The minimum absolute atomic E-state index is 0. The largest absolute Gasteiger partial charge is 0.400 e. The van der Waals surface area contributed by atoms with Crippen molar-refractivity contribution in [3.05, 3.63) is 46.8 Å². The van der Waals surface area contributed by atoms with Gasteiger partial charge in [0.2, 0.25) is 0 Å². The number of rotatable bonds is 3. The second-order valence-corrected chi connectivity index (χ2v) is 5.82. The molecule has 0 aliphatic carbocycles. The summed E-state index contributed by atoms with van der Waals surface area (Å²) in [6.07, 6.45) is 0. The van der Waals surface area contributed by atoms with Gasteiger partial charge in [-0.05, 0) is 37.6 Å². The van der Waals surface area contributed by atoms with Crippen LogP contribution in [0.2, 0.25) is 0 Å².